The third-order valence-electron chi connectivity index (χ3n) is 2.76. The van der Waals surface area contributed by atoms with Crippen LogP contribution in [0, 0.1) is 11.3 Å². The van der Waals surface area contributed by atoms with Crippen molar-refractivity contribution in [2.45, 2.75) is 26.2 Å². The molecule has 0 bridgehead atoms. The highest BCUT2D eigenvalue weighted by Gasteiger charge is 2.21. The molecular weight excluding hydrogens is 256 g/mol. The van der Waals surface area contributed by atoms with E-state index in [1.807, 2.05) is 24.1 Å². The second-order valence-corrected chi connectivity index (χ2v) is 6.10. The predicted molar refractivity (Wildman–Crippen MR) is 77.8 cm³/mol. The van der Waals surface area contributed by atoms with E-state index < -0.39 is 0 Å². The van der Waals surface area contributed by atoms with Crippen LogP contribution in [-0.4, -0.2) is 16.4 Å². The lowest BCUT2D eigenvalue weighted by Gasteiger charge is -2.16. The topological polar surface area (TPSA) is 52.8 Å². The van der Waals surface area contributed by atoms with Crippen LogP contribution in [0.1, 0.15) is 32.2 Å². The Kier molecular flexibility index (Phi) is 3.54. The monoisotopic (exact) mass is 272 g/mol. The van der Waals surface area contributed by atoms with Gasteiger partial charge in [-0.15, -0.1) is 0 Å². The minimum atomic E-state index is -0.0414. The first-order valence-electron chi connectivity index (χ1n) is 6.00. The minimum Gasteiger partial charge on any atom is -0.320 e. The normalized spacial score (nSPS) is 11.1. The third kappa shape index (κ3) is 2.91. The molecule has 4 nitrogen and oxygen atoms in total. The Hall–Kier alpha value is -1.93. The summed E-state index contributed by atoms with van der Waals surface area (Å²) in [6.07, 6.45) is 0. The summed E-state index contributed by atoms with van der Waals surface area (Å²) < 4.78 is 4.40. The zero-order chi connectivity index (χ0) is 14.0. The number of benzene rings is 1. The van der Waals surface area contributed by atoms with Crippen LogP contribution in [0.5, 0.6) is 0 Å². The molecule has 19 heavy (non-hydrogen) atoms. The van der Waals surface area contributed by atoms with Crippen LogP contribution in [0.25, 0.3) is 0 Å². The molecule has 0 aliphatic carbocycles. The van der Waals surface area contributed by atoms with Crippen LogP contribution >= 0.6 is 11.5 Å². The highest BCUT2D eigenvalue weighted by Crippen LogP contribution is 2.29. The van der Waals surface area contributed by atoms with Gasteiger partial charge in [-0.25, -0.2) is 4.98 Å². The van der Waals surface area contributed by atoms with Gasteiger partial charge in [0.15, 0.2) is 0 Å². The van der Waals surface area contributed by atoms with Crippen molar-refractivity contribution in [3.05, 3.63) is 35.7 Å². The van der Waals surface area contributed by atoms with Gasteiger partial charge in [0.25, 0.3) is 0 Å². The zero-order valence-corrected chi connectivity index (χ0v) is 12.3. The highest BCUT2D eigenvalue weighted by atomic mass is 32.1. The van der Waals surface area contributed by atoms with Crippen LogP contribution < -0.4 is 4.90 Å². The van der Waals surface area contributed by atoms with Crippen molar-refractivity contribution in [2.24, 2.45) is 0 Å². The van der Waals surface area contributed by atoms with Crippen molar-refractivity contribution in [1.29, 1.82) is 5.26 Å². The van der Waals surface area contributed by atoms with Crippen LogP contribution in [0.4, 0.5) is 10.8 Å². The van der Waals surface area contributed by atoms with Gasteiger partial charge in [-0.1, -0.05) is 20.8 Å². The quantitative estimate of drug-likeness (QED) is 0.840. The Balaban J connectivity index is 2.26. The molecule has 0 aliphatic heterocycles. The fraction of sp³-hybridized carbons (Fsp3) is 0.357. The molecule has 0 radical (unpaired) electrons. The van der Waals surface area contributed by atoms with Crippen molar-refractivity contribution < 1.29 is 0 Å². The van der Waals surface area contributed by atoms with E-state index in [0.717, 1.165) is 16.6 Å². The van der Waals surface area contributed by atoms with Crippen LogP contribution in [0.15, 0.2) is 24.3 Å². The molecule has 5 heteroatoms. The molecule has 0 fully saturated rings. The average Bonchev–Trinajstić information content (AvgIpc) is 2.87. The van der Waals surface area contributed by atoms with E-state index >= 15 is 0 Å². The molecular formula is C14H16N4S. The summed E-state index contributed by atoms with van der Waals surface area (Å²) in [6, 6.07) is 9.55. The van der Waals surface area contributed by atoms with Crippen LogP contribution in [-0.2, 0) is 5.41 Å². The Morgan fingerprint density at radius 2 is 1.84 bits per heavy atom. The number of hydrogen-bond acceptors (Lipinski definition) is 5. The molecule has 1 aromatic heterocycles. The SMILES string of the molecule is CN(c1ccc(C#N)cc1)c1nc(C(C)(C)C)ns1. The smallest absolute Gasteiger partial charge is 0.209 e. The van der Waals surface area contributed by atoms with Gasteiger partial charge < -0.3 is 4.90 Å². The van der Waals surface area contributed by atoms with Crippen LogP contribution in [0.3, 0.4) is 0 Å². The van der Waals surface area contributed by atoms with E-state index in [0.29, 0.717) is 5.56 Å². The first kappa shape index (κ1) is 13.5. The van der Waals surface area contributed by atoms with Gasteiger partial charge in [-0.05, 0) is 24.3 Å². The Labute approximate surface area is 117 Å². The number of aromatic nitrogens is 2. The first-order valence-corrected chi connectivity index (χ1v) is 6.77. The number of hydrogen-bond donors (Lipinski definition) is 0. The molecule has 0 spiro atoms. The average molecular weight is 272 g/mol. The molecule has 0 atom stereocenters. The van der Waals surface area contributed by atoms with E-state index in [1.165, 1.54) is 11.5 Å². The molecule has 0 saturated carbocycles. The Morgan fingerprint density at radius 1 is 1.21 bits per heavy atom. The maximum Gasteiger partial charge on any atom is 0.209 e. The molecule has 2 rings (SSSR count). The summed E-state index contributed by atoms with van der Waals surface area (Å²) in [7, 11) is 1.95. The second kappa shape index (κ2) is 4.98. The van der Waals surface area contributed by atoms with Gasteiger partial charge in [0.2, 0.25) is 5.13 Å². The molecule has 98 valence electrons. The lowest BCUT2D eigenvalue weighted by molar-refractivity contribution is 0.555. The number of nitriles is 1. The highest BCUT2D eigenvalue weighted by molar-refractivity contribution is 7.09. The van der Waals surface area contributed by atoms with E-state index in [2.05, 4.69) is 36.2 Å². The number of rotatable bonds is 2. The second-order valence-electron chi connectivity index (χ2n) is 5.37. The summed E-state index contributed by atoms with van der Waals surface area (Å²) in [5.41, 5.74) is 1.61. The van der Waals surface area contributed by atoms with Crippen molar-refractivity contribution in [3.8, 4) is 6.07 Å². The summed E-state index contributed by atoms with van der Waals surface area (Å²) in [5.74, 6) is 0.855. The van der Waals surface area contributed by atoms with Crippen LogP contribution in [0.2, 0.25) is 0 Å². The summed E-state index contributed by atoms with van der Waals surface area (Å²) in [5, 5.41) is 9.65. The summed E-state index contributed by atoms with van der Waals surface area (Å²) >= 11 is 1.39. The molecule has 0 N–H and O–H groups in total. The minimum absolute atomic E-state index is 0.0414. The number of nitrogens with zero attached hydrogens (tertiary/aromatic N) is 4. The van der Waals surface area contributed by atoms with Gasteiger partial charge in [-0.3, -0.25) is 0 Å². The largest absolute Gasteiger partial charge is 0.320 e. The fourth-order valence-corrected chi connectivity index (χ4v) is 2.36. The van der Waals surface area contributed by atoms with Gasteiger partial charge >= 0.3 is 0 Å². The van der Waals surface area contributed by atoms with Gasteiger partial charge in [-0.2, -0.15) is 9.64 Å². The summed E-state index contributed by atoms with van der Waals surface area (Å²) in [4.78, 5) is 6.55. The van der Waals surface area contributed by atoms with E-state index in [1.54, 1.807) is 12.1 Å². The van der Waals surface area contributed by atoms with Crippen molar-refractivity contribution in [2.75, 3.05) is 11.9 Å². The first-order chi connectivity index (χ1) is 8.91. The number of anilines is 2. The van der Waals surface area contributed by atoms with Gasteiger partial charge in [0.05, 0.1) is 11.6 Å². The van der Waals surface area contributed by atoms with E-state index in [4.69, 9.17) is 5.26 Å². The third-order valence-corrected chi connectivity index (χ3v) is 3.55. The predicted octanol–water partition coefficient (Wildman–Crippen LogP) is 3.48. The molecule has 1 heterocycles. The fourth-order valence-electron chi connectivity index (χ4n) is 1.53. The lowest BCUT2D eigenvalue weighted by atomic mass is 9.96. The van der Waals surface area contributed by atoms with Gasteiger partial charge in [0, 0.05) is 29.7 Å². The molecule has 0 aliphatic rings. The Bertz CT molecular complexity index is 602. The standard InChI is InChI=1S/C14H16N4S/c1-14(2,3)12-16-13(19-17-12)18(4)11-7-5-10(9-15)6-8-11/h5-8H,1-4H3. The van der Waals surface area contributed by atoms with Crippen molar-refractivity contribution in [1.82, 2.24) is 9.36 Å². The zero-order valence-electron chi connectivity index (χ0n) is 11.5. The maximum atomic E-state index is 8.79. The molecule has 2 aromatic rings. The maximum absolute atomic E-state index is 8.79. The van der Waals surface area contributed by atoms with Gasteiger partial charge in [0.1, 0.15) is 5.82 Å². The summed E-state index contributed by atoms with van der Waals surface area (Å²) in [6.45, 7) is 6.29. The van der Waals surface area contributed by atoms with Crippen molar-refractivity contribution in [3.63, 3.8) is 0 Å². The molecule has 0 saturated heterocycles. The van der Waals surface area contributed by atoms with Crippen molar-refractivity contribution >= 4 is 22.4 Å². The lowest BCUT2D eigenvalue weighted by Crippen LogP contribution is -2.14. The van der Waals surface area contributed by atoms with E-state index in [-0.39, 0.29) is 5.41 Å². The molecule has 1 aromatic carbocycles. The Morgan fingerprint density at radius 3 is 2.32 bits per heavy atom. The van der Waals surface area contributed by atoms with E-state index in [9.17, 15) is 0 Å². The molecule has 0 unspecified atom stereocenters. The molecule has 0 amide bonds.